The van der Waals surface area contributed by atoms with E-state index in [4.69, 9.17) is 25.8 Å². The van der Waals surface area contributed by atoms with Crippen molar-refractivity contribution in [1.29, 1.82) is 0 Å². The molecule has 6 nitrogen and oxygen atoms in total. The van der Waals surface area contributed by atoms with Gasteiger partial charge in [-0.1, -0.05) is 23.8 Å². The van der Waals surface area contributed by atoms with Gasteiger partial charge in [0.2, 0.25) is 0 Å². The second-order valence-electron chi connectivity index (χ2n) is 7.21. The van der Waals surface area contributed by atoms with Crippen LogP contribution in [0.3, 0.4) is 0 Å². The molecule has 0 spiro atoms. The average Bonchev–Trinajstić information content (AvgIpc) is 3.22. The molecule has 1 N–H and O–H groups in total. The van der Waals surface area contributed by atoms with E-state index in [2.05, 4.69) is 5.32 Å². The largest absolute Gasteiger partial charge is 0.497 e. The Hall–Kier alpha value is -2.99. The van der Waals surface area contributed by atoms with Crippen LogP contribution in [0.25, 0.3) is 0 Å². The van der Waals surface area contributed by atoms with Gasteiger partial charge >= 0.3 is 5.97 Å². The lowest BCUT2D eigenvalue weighted by molar-refractivity contribution is -0.146. The van der Waals surface area contributed by atoms with Crippen LogP contribution in [-0.4, -0.2) is 38.7 Å². The molecule has 0 unspecified atom stereocenters. The minimum Gasteiger partial charge on any atom is -0.497 e. The quantitative estimate of drug-likeness (QED) is 0.484. The third kappa shape index (κ3) is 5.39. The molecule has 1 aliphatic rings. The van der Waals surface area contributed by atoms with Crippen LogP contribution in [0.1, 0.15) is 35.2 Å². The lowest BCUT2D eigenvalue weighted by Crippen LogP contribution is -2.33. The van der Waals surface area contributed by atoms with E-state index in [1.807, 2.05) is 12.2 Å². The third-order valence-electron chi connectivity index (χ3n) is 5.28. The summed E-state index contributed by atoms with van der Waals surface area (Å²) in [5.41, 5.74) is 1.22. The number of rotatable bonds is 8. The number of ether oxygens (including phenoxy) is 3. The molecule has 3 rings (SSSR count). The summed E-state index contributed by atoms with van der Waals surface area (Å²) in [7, 11) is 3.13. The summed E-state index contributed by atoms with van der Waals surface area (Å²) < 4.78 is 16.2. The predicted molar refractivity (Wildman–Crippen MR) is 119 cm³/mol. The summed E-state index contributed by atoms with van der Waals surface area (Å²) in [5, 5.41) is 3.57. The molecule has 0 aromatic heterocycles. The number of esters is 1. The normalized spacial score (nSPS) is 18.3. The third-order valence-corrected chi connectivity index (χ3v) is 5.53. The van der Waals surface area contributed by atoms with Crippen LogP contribution in [-0.2, 0) is 9.53 Å². The molecule has 1 aliphatic carbocycles. The maximum atomic E-state index is 12.9. The molecule has 2 aromatic carbocycles. The van der Waals surface area contributed by atoms with Crippen molar-refractivity contribution in [3.8, 4) is 11.5 Å². The Bertz CT molecular complexity index is 957. The van der Waals surface area contributed by atoms with Gasteiger partial charge in [0.1, 0.15) is 11.5 Å². The predicted octanol–water partition coefficient (Wildman–Crippen LogP) is 4.38. The molecule has 2 aromatic rings. The van der Waals surface area contributed by atoms with E-state index >= 15 is 0 Å². The number of allylic oxidation sites excluding steroid dienone is 1. The van der Waals surface area contributed by atoms with E-state index in [1.165, 1.54) is 0 Å². The van der Waals surface area contributed by atoms with E-state index in [-0.39, 0.29) is 30.4 Å². The van der Waals surface area contributed by atoms with Gasteiger partial charge in [0.25, 0.3) is 5.91 Å². The summed E-state index contributed by atoms with van der Waals surface area (Å²) >= 11 is 5.89. The van der Waals surface area contributed by atoms with Crippen LogP contribution >= 0.6 is 11.6 Å². The Morgan fingerprint density at radius 2 is 1.84 bits per heavy atom. The molecular formula is C24H26ClNO5. The zero-order valence-electron chi connectivity index (χ0n) is 17.8. The lowest BCUT2D eigenvalue weighted by Gasteiger charge is -2.24. The highest BCUT2D eigenvalue weighted by atomic mass is 35.5. The van der Waals surface area contributed by atoms with Crippen molar-refractivity contribution in [3.05, 3.63) is 70.8 Å². The maximum Gasteiger partial charge on any atom is 0.314 e. The first-order valence-corrected chi connectivity index (χ1v) is 10.5. The molecule has 0 bridgehead atoms. The molecule has 3 atom stereocenters. The van der Waals surface area contributed by atoms with Crippen LogP contribution < -0.4 is 14.8 Å². The molecule has 0 aliphatic heterocycles. The van der Waals surface area contributed by atoms with Crippen molar-refractivity contribution in [1.82, 2.24) is 5.32 Å². The van der Waals surface area contributed by atoms with Gasteiger partial charge in [-0.25, -0.2) is 0 Å². The number of nitrogens with one attached hydrogen (secondary N) is 1. The van der Waals surface area contributed by atoms with E-state index < -0.39 is 5.92 Å². The van der Waals surface area contributed by atoms with Gasteiger partial charge < -0.3 is 19.5 Å². The molecule has 0 saturated heterocycles. The van der Waals surface area contributed by atoms with Crippen LogP contribution in [0.5, 0.6) is 11.5 Å². The van der Waals surface area contributed by atoms with Gasteiger partial charge in [0.05, 0.1) is 26.7 Å². The minimum atomic E-state index is -0.585. The smallest absolute Gasteiger partial charge is 0.314 e. The molecule has 164 valence electrons. The fourth-order valence-electron chi connectivity index (χ4n) is 3.78. The van der Waals surface area contributed by atoms with E-state index in [1.54, 1.807) is 63.6 Å². The lowest BCUT2D eigenvalue weighted by atomic mass is 9.84. The van der Waals surface area contributed by atoms with Gasteiger partial charge in [-0.2, -0.15) is 0 Å². The standard InChI is InChI=1S/C24H26ClNO5/c1-4-31-24(28)22(20-14-19(29-2)11-12-21(20)30-3)16-7-10-18(13-16)26-23(27)15-5-8-17(25)9-6-15/h5-12,14,16,18,22H,4,13H2,1-3H3,(H,26,27)/t16-,18-,22-/m0/s1. The van der Waals surface area contributed by atoms with E-state index in [9.17, 15) is 9.59 Å². The van der Waals surface area contributed by atoms with Gasteiger partial charge in [0.15, 0.2) is 0 Å². The van der Waals surface area contributed by atoms with Gasteiger partial charge in [-0.05, 0) is 61.7 Å². The molecule has 0 fully saturated rings. The Morgan fingerprint density at radius 3 is 2.48 bits per heavy atom. The van der Waals surface area contributed by atoms with Crippen LogP contribution in [0.4, 0.5) is 0 Å². The Labute approximate surface area is 187 Å². The number of halogens is 1. The molecule has 0 heterocycles. The number of carbonyl (C=O) groups is 2. The van der Waals surface area contributed by atoms with Crippen molar-refractivity contribution in [2.75, 3.05) is 20.8 Å². The Balaban J connectivity index is 1.81. The second-order valence-corrected chi connectivity index (χ2v) is 7.65. The number of methoxy groups -OCH3 is 2. The molecule has 7 heteroatoms. The fraction of sp³-hybridized carbons (Fsp3) is 0.333. The minimum absolute atomic E-state index is 0.171. The van der Waals surface area contributed by atoms with Crippen molar-refractivity contribution in [3.63, 3.8) is 0 Å². The fourth-order valence-corrected chi connectivity index (χ4v) is 3.91. The highest BCUT2D eigenvalue weighted by molar-refractivity contribution is 6.30. The van der Waals surface area contributed by atoms with Crippen LogP contribution in [0, 0.1) is 5.92 Å². The molecule has 0 saturated carbocycles. The van der Waals surface area contributed by atoms with Crippen molar-refractivity contribution in [2.24, 2.45) is 5.92 Å². The highest BCUT2D eigenvalue weighted by Crippen LogP contribution is 2.40. The summed E-state index contributed by atoms with van der Waals surface area (Å²) in [6.07, 6.45) is 4.42. The number of carbonyl (C=O) groups excluding carboxylic acids is 2. The van der Waals surface area contributed by atoms with Gasteiger partial charge in [0, 0.05) is 22.2 Å². The van der Waals surface area contributed by atoms with Gasteiger partial charge in [-0.15, -0.1) is 0 Å². The highest BCUT2D eigenvalue weighted by Gasteiger charge is 2.36. The summed E-state index contributed by atoms with van der Waals surface area (Å²) in [6.45, 7) is 2.05. The van der Waals surface area contributed by atoms with Crippen LogP contribution in [0.15, 0.2) is 54.6 Å². The van der Waals surface area contributed by atoms with Crippen molar-refractivity contribution in [2.45, 2.75) is 25.3 Å². The first kappa shape index (κ1) is 22.7. The summed E-state index contributed by atoms with van der Waals surface area (Å²) in [4.78, 5) is 25.5. The first-order chi connectivity index (χ1) is 15.0. The molecule has 0 radical (unpaired) electrons. The SMILES string of the molecule is CCOC(=O)[C@H](c1cc(OC)ccc1OC)[C@H]1C=C[C@H](NC(=O)c2ccc(Cl)cc2)C1. The maximum absolute atomic E-state index is 12.9. The number of hydrogen-bond acceptors (Lipinski definition) is 5. The van der Waals surface area contributed by atoms with E-state index in [0.717, 1.165) is 0 Å². The Morgan fingerprint density at radius 1 is 1.10 bits per heavy atom. The first-order valence-electron chi connectivity index (χ1n) is 10.1. The monoisotopic (exact) mass is 443 g/mol. The topological polar surface area (TPSA) is 73.9 Å². The second kappa shape index (κ2) is 10.4. The van der Waals surface area contributed by atoms with Crippen molar-refractivity contribution < 1.29 is 23.8 Å². The van der Waals surface area contributed by atoms with E-state index in [0.29, 0.717) is 34.1 Å². The summed E-state index contributed by atoms with van der Waals surface area (Å²) in [6, 6.07) is 11.9. The summed E-state index contributed by atoms with van der Waals surface area (Å²) in [5.74, 6) is -0.0816. The number of hydrogen-bond donors (Lipinski definition) is 1. The zero-order valence-corrected chi connectivity index (χ0v) is 18.5. The van der Waals surface area contributed by atoms with Crippen molar-refractivity contribution >= 4 is 23.5 Å². The zero-order chi connectivity index (χ0) is 22.4. The molecule has 1 amide bonds. The van der Waals surface area contributed by atoms with Gasteiger partial charge in [-0.3, -0.25) is 9.59 Å². The van der Waals surface area contributed by atoms with Crippen LogP contribution in [0.2, 0.25) is 5.02 Å². The molecule has 31 heavy (non-hydrogen) atoms. The average molecular weight is 444 g/mol. The molecular weight excluding hydrogens is 418 g/mol. The Kier molecular flexibility index (Phi) is 7.58. The number of amides is 1. The number of benzene rings is 2.